The molecular formula is C15H30N2O4. The molecule has 0 saturated carbocycles. The number of carbonyl (C=O) groups is 1. The van der Waals surface area contributed by atoms with Crippen LogP contribution in [0.25, 0.3) is 0 Å². The van der Waals surface area contributed by atoms with Crippen molar-refractivity contribution in [1.29, 1.82) is 0 Å². The van der Waals surface area contributed by atoms with Crippen LogP contribution in [-0.2, 0) is 14.2 Å². The molecule has 0 aromatic rings. The summed E-state index contributed by atoms with van der Waals surface area (Å²) in [4.78, 5) is 14.0. The molecule has 1 fully saturated rings. The van der Waals surface area contributed by atoms with Gasteiger partial charge in [-0.25, -0.2) is 4.79 Å². The maximum Gasteiger partial charge on any atom is 0.410 e. The molecule has 2 N–H and O–H groups in total. The van der Waals surface area contributed by atoms with Gasteiger partial charge in [-0.05, 0) is 34.6 Å². The largest absolute Gasteiger partial charge is 0.444 e. The Kier molecular flexibility index (Phi) is 6.43. The van der Waals surface area contributed by atoms with Gasteiger partial charge in [-0.1, -0.05) is 0 Å². The van der Waals surface area contributed by atoms with Gasteiger partial charge < -0.3 is 24.8 Å². The highest BCUT2D eigenvalue weighted by Gasteiger charge is 2.43. The third-order valence-electron chi connectivity index (χ3n) is 3.44. The number of nitrogens with zero attached hydrogens (tertiary/aromatic N) is 1. The van der Waals surface area contributed by atoms with Crippen LogP contribution in [0, 0.1) is 0 Å². The number of carbonyl (C=O) groups excluding carboxylic acids is 1. The Hall–Kier alpha value is -0.850. The fourth-order valence-corrected chi connectivity index (χ4v) is 2.65. The summed E-state index contributed by atoms with van der Waals surface area (Å²) in [6.45, 7) is 11.5. The average molecular weight is 302 g/mol. The van der Waals surface area contributed by atoms with E-state index in [2.05, 4.69) is 0 Å². The number of hydrogen-bond acceptors (Lipinski definition) is 5. The van der Waals surface area contributed by atoms with Gasteiger partial charge in [0, 0.05) is 39.1 Å². The van der Waals surface area contributed by atoms with Gasteiger partial charge in [0.1, 0.15) is 5.60 Å². The van der Waals surface area contributed by atoms with Gasteiger partial charge in [-0.2, -0.15) is 0 Å². The van der Waals surface area contributed by atoms with Crippen LogP contribution < -0.4 is 5.73 Å². The van der Waals surface area contributed by atoms with Crippen LogP contribution in [-0.4, -0.2) is 54.7 Å². The summed E-state index contributed by atoms with van der Waals surface area (Å²) in [6.07, 6.45) is 0.883. The minimum absolute atomic E-state index is 0.133. The van der Waals surface area contributed by atoms with E-state index in [0.29, 0.717) is 39.1 Å². The maximum atomic E-state index is 12.3. The van der Waals surface area contributed by atoms with Crippen molar-refractivity contribution in [1.82, 2.24) is 4.90 Å². The Bertz CT molecular complexity index is 335. The molecule has 6 heteroatoms. The summed E-state index contributed by atoms with van der Waals surface area (Å²) in [5.41, 5.74) is 5.34. The normalized spacial score (nSPS) is 22.2. The van der Waals surface area contributed by atoms with Gasteiger partial charge in [0.25, 0.3) is 0 Å². The summed E-state index contributed by atoms with van der Waals surface area (Å²) in [7, 11) is 0. The van der Waals surface area contributed by atoms with Crippen LogP contribution >= 0.6 is 0 Å². The molecule has 0 unspecified atom stereocenters. The van der Waals surface area contributed by atoms with Gasteiger partial charge in [0.2, 0.25) is 0 Å². The van der Waals surface area contributed by atoms with Gasteiger partial charge in [-0.3, -0.25) is 0 Å². The average Bonchev–Trinajstić information content (AvgIpc) is 2.37. The quantitative estimate of drug-likeness (QED) is 0.787. The molecule has 1 saturated heterocycles. The zero-order chi connectivity index (χ0) is 16.1. The number of rotatable bonds is 5. The van der Waals surface area contributed by atoms with Crippen molar-refractivity contribution in [2.45, 2.75) is 64.9 Å². The molecule has 124 valence electrons. The topological polar surface area (TPSA) is 74.0 Å². The van der Waals surface area contributed by atoms with E-state index in [-0.39, 0.29) is 12.1 Å². The number of hydrogen-bond donors (Lipinski definition) is 1. The van der Waals surface area contributed by atoms with Gasteiger partial charge >= 0.3 is 6.09 Å². The summed E-state index contributed by atoms with van der Waals surface area (Å²) in [5, 5.41) is 0. The molecule has 0 aromatic heterocycles. The molecule has 0 aliphatic carbocycles. The molecule has 0 bridgehead atoms. The van der Waals surface area contributed by atoms with E-state index in [4.69, 9.17) is 19.9 Å². The highest BCUT2D eigenvalue weighted by Crippen LogP contribution is 2.32. The summed E-state index contributed by atoms with van der Waals surface area (Å²) < 4.78 is 17.1. The van der Waals surface area contributed by atoms with Crippen molar-refractivity contribution in [2.24, 2.45) is 5.73 Å². The molecule has 0 radical (unpaired) electrons. The number of nitrogens with two attached hydrogens (primary N) is 1. The van der Waals surface area contributed by atoms with Crippen molar-refractivity contribution >= 4 is 6.09 Å². The smallest absolute Gasteiger partial charge is 0.410 e. The zero-order valence-electron chi connectivity index (χ0n) is 14.0. The van der Waals surface area contributed by atoms with Crippen LogP contribution in [0.5, 0.6) is 0 Å². The Morgan fingerprint density at radius 1 is 1.29 bits per heavy atom. The minimum Gasteiger partial charge on any atom is -0.444 e. The Morgan fingerprint density at radius 2 is 1.86 bits per heavy atom. The fourth-order valence-electron chi connectivity index (χ4n) is 2.65. The van der Waals surface area contributed by atoms with Crippen molar-refractivity contribution in [2.75, 3.05) is 26.3 Å². The third-order valence-corrected chi connectivity index (χ3v) is 3.44. The number of amides is 1. The lowest BCUT2D eigenvalue weighted by molar-refractivity contribution is -0.258. The highest BCUT2D eigenvalue weighted by molar-refractivity contribution is 5.68. The molecule has 1 aliphatic heterocycles. The van der Waals surface area contributed by atoms with Crippen LogP contribution in [0.15, 0.2) is 0 Å². The lowest BCUT2D eigenvalue weighted by Crippen LogP contribution is -2.57. The first-order chi connectivity index (χ1) is 9.77. The van der Waals surface area contributed by atoms with Crippen molar-refractivity contribution in [3.05, 3.63) is 0 Å². The molecular weight excluding hydrogens is 272 g/mol. The lowest BCUT2D eigenvalue weighted by Gasteiger charge is -2.45. The standard InChI is InChI=1S/C15H30N2O4/c1-6-19-15(20-7-2)8-9-17(12(10-15)11-16)13(18)21-14(3,4)5/h12H,6-11,16H2,1-5H3/t12-/m1/s1. The molecule has 0 aromatic carbocycles. The van der Waals surface area contributed by atoms with E-state index >= 15 is 0 Å². The fraction of sp³-hybridized carbons (Fsp3) is 0.933. The van der Waals surface area contributed by atoms with E-state index < -0.39 is 11.4 Å². The number of piperidine rings is 1. The first-order valence-electron chi connectivity index (χ1n) is 7.74. The Balaban J connectivity index is 2.78. The first kappa shape index (κ1) is 18.2. The zero-order valence-corrected chi connectivity index (χ0v) is 14.0. The molecule has 21 heavy (non-hydrogen) atoms. The van der Waals surface area contributed by atoms with E-state index in [0.717, 1.165) is 0 Å². The summed E-state index contributed by atoms with van der Waals surface area (Å²) >= 11 is 0. The molecule has 6 nitrogen and oxygen atoms in total. The predicted molar refractivity (Wildman–Crippen MR) is 81.0 cm³/mol. The minimum atomic E-state index is -0.633. The molecule has 1 atom stereocenters. The van der Waals surface area contributed by atoms with E-state index in [1.165, 1.54) is 0 Å². The van der Waals surface area contributed by atoms with Crippen molar-refractivity contribution < 1.29 is 19.0 Å². The van der Waals surface area contributed by atoms with Crippen LogP contribution in [0.2, 0.25) is 0 Å². The third kappa shape index (κ3) is 5.13. The monoisotopic (exact) mass is 302 g/mol. The maximum absolute atomic E-state index is 12.3. The van der Waals surface area contributed by atoms with Crippen LogP contribution in [0.1, 0.15) is 47.5 Å². The van der Waals surface area contributed by atoms with Gasteiger partial charge in [0.05, 0.1) is 6.04 Å². The van der Waals surface area contributed by atoms with Gasteiger partial charge in [-0.15, -0.1) is 0 Å². The molecule has 1 aliphatic rings. The second-order valence-electron chi connectivity index (χ2n) is 6.29. The van der Waals surface area contributed by atoms with Crippen molar-refractivity contribution in [3.8, 4) is 0 Å². The SMILES string of the molecule is CCOC1(OCC)CCN(C(=O)OC(C)(C)C)[C@@H](CN)C1. The van der Waals surface area contributed by atoms with Crippen LogP contribution in [0.4, 0.5) is 4.79 Å². The highest BCUT2D eigenvalue weighted by atomic mass is 16.7. The molecule has 1 heterocycles. The van der Waals surface area contributed by atoms with E-state index in [9.17, 15) is 4.79 Å². The van der Waals surface area contributed by atoms with Crippen molar-refractivity contribution in [3.63, 3.8) is 0 Å². The number of likely N-dealkylation sites (tertiary alicyclic amines) is 1. The molecule has 1 rings (SSSR count). The summed E-state index contributed by atoms with van der Waals surface area (Å²) in [5.74, 6) is -0.633. The second-order valence-corrected chi connectivity index (χ2v) is 6.29. The number of ether oxygens (including phenoxy) is 3. The van der Waals surface area contributed by atoms with Gasteiger partial charge in [0.15, 0.2) is 5.79 Å². The molecule has 1 amide bonds. The predicted octanol–water partition coefficient (Wildman–Crippen LogP) is 2.11. The Labute approximate surface area is 127 Å². The molecule has 0 spiro atoms. The Morgan fingerprint density at radius 3 is 2.29 bits per heavy atom. The van der Waals surface area contributed by atoms with E-state index in [1.54, 1.807) is 4.90 Å². The second kappa shape index (κ2) is 7.42. The van der Waals surface area contributed by atoms with Crippen LogP contribution in [0.3, 0.4) is 0 Å². The lowest BCUT2D eigenvalue weighted by atomic mass is 9.96. The first-order valence-corrected chi connectivity index (χ1v) is 7.74. The van der Waals surface area contributed by atoms with E-state index in [1.807, 2.05) is 34.6 Å². The summed E-state index contributed by atoms with van der Waals surface area (Å²) in [6, 6.07) is -0.133.